The van der Waals surface area contributed by atoms with Gasteiger partial charge in [-0.3, -0.25) is 0 Å². The standard InChI is InChI=1S/C14H9ClFN3O/c15-11-7-9(3-6-12(11)16)13-18-14(20-19-13)8-1-4-10(17)5-2-8/h1-7H,17H2. The summed E-state index contributed by atoms with van der Waals surface area (Å²) in [6.07, 6.45) is 0. The third kappa shape index (κ3) is 2.35. The summed E-state index contributed by atoms with van der Waals surface area (Å²) in [7, 11) is 0. The predicted octanol–water partition coefficient (Wildman–Crippen LogP) is 3.78. The molecule has 0 bridgehead atoms. The first-order valence-electron chi connectivity index (χ1n) is 5.78. The fraction of sp³-hybridized carbons (Fsp3) is 0. The van der Waals surface area contributed by atoms with Crippen LogP contribution in [0.4, 0.5) is 10.1 Å². The molecule has 100 valence electrons. The van der Waals surface area contributed by atoms with Crippen LogP contribution in [0.3, 0.4) is 0 Å². The summed E-state index contributed by atoms with van der Waals surface area (Å²) < 4.78 is 18.3. The van der Waals surface area contributed by atoms with E-state index in [0.717, 1.165) is 5.56 Å². The molecule has 0 fully saturated rings. The Bertz CT molecular complexity index is 755. The van der Waals surface area contributed by atoms with Gasteiger partial charge in [0.05, 0.1) is 5.02 Å². The average molecular weight is 290 g/mol. The van der Waals surface area contributed by atoms with Crippen molar-refractivity contribution in [2.75, 3.05) is 5.73 Å². The van der Waals surface area contributed by atoms with Crippen LogP contribution in [0.15, 0.2) is 47.0 Å². The zero-order valence-corrected chi connectivity index (χ0v) is 10.9. The molecule has 1 heterocycles. The lowest BCUT2D eigenvalue weighted by Crippen LogP contribution is -1.85. The second kappa shape index (κ2) is 4.94. The molecule has 4 nitrogen and oxygen atoms in total. The molecule has 0 aliphatic rings. The van der Waals surface area contributed by atoms with Crippen molar-refractivity contribution >= 4 is 17.3 Å². The van der Waals surface area contributed by atoms with Gasteiger partial charge >= 0.3 is 0 Å². The molecule has 0 saturated carbocycles. The topological polar surface area (TPSA) is 64.9 Å². The molecule has 0 radical (unpaired) electrons. The molecule has 0 saturated heterocycles. The van der Waals surface area contributed by atoms with Crippen LogP contribution in [0.5, 0.6) is 0 Å². The zero-order valence-electron chi connectivity index (χ0n) is 10.2. The molecule has 0 aliphatic heterocycles. The van der Waals surface area contributed by atoms with Crippen molar-refractivity contribution < 1.29 is 8.91 Å². The number of benzene rings is 2. The van der Waals surface area contributed by atoms with Crippen LogP contribution >= 0.6 is 11.6 Å². The van der Waals surface area contributed by atoms with Crippen LogP contribution < -0.4 is 5.73 Å². The maximum Gasteiger partial charge on any atom is 0.258 e. The summed E-state index contributed by atoms with van der Waals surface area (Å²) in [4.78, 5) is 4.25. The number of anilines is 1. The first-order chi connectivity index (χ1) is 9.63. The Hall–Kier alpha value is -2.40. The van der Waals surface area contributed by atoms with E-state index >= 15 is 0 Å². The van der Waals surface area contributed by atoms with Crippen molar-refractivity contribution in [2.24, 2.45) is 0 Å². The number of nitrogens with two attached hydrogens (primary N) is 1. The molecular weight excluding hydrogens is 281 g/mol. The van der Waals surface area contributed by atoms with E-state index in [4.69, 9.17) is 21.9 Å². The number of nitrogen functional groups attached to an aromatic ring is 1. The van der Waals surface area contributed by atoms with Crippen LogP contribution in [0.25, 0.3) is 22.8 Å². The van der Waals surface area contributed by atoms with Gasteiger partial charge in [-0.15, -0.1) is 0 Å². The van der Waals surface area contributed by atoms with Gasteiger partial charge in [0, 0.05) is 16.8 Å². The molecule has 0 spiro atoms. The third-order valence-electron chi connectivity index (χ3n) is 2.76. The highest BCUT2D eigenvalue weighted by Gasteiger charge is 2.12. The lowest BCUT2D eigenvalue weighted by Gasteiger charge is -1.96. The molecule has 0 amide bonds. The van der Waals surface area contributed by atoms with E-state index in [0.29, 0.717) is 23.0 Å². The smallest absolute Gasteiger partial charge is 0.258 e. The van der Waals surface area contributed by atoms with Gasteiger partial charge in [-0.25, -0.2) is 4.39 Å². The minimum atomic E-state index is -0.488. The highest BCUT2D eigenvalue weighted by atomic mass is 35.5. The van der Waals surface area contributed by atoms with E-state index in [1.165, 1.54) is 12.1 Å². The highest BCUT2D eigenvalue weighted by Crippen LogP contribution is 2.25. The second-order valence-corrected chi connectivity index (χ2v) is 4.58. The van der Waals surface area contributed by atoms with Gasteiger partial charge in [0.15, 0.2) is 0 Å². The molecule has 2 aromatic carbocycles. The summed E-state index contributed by atoms with van der Waals surface area (Å²) in [6, 6.07) is 11.3. The van der Waals surface area contributed by atoms with Crippen molar-refractivity contribution in [1.82, 2.24) is 10.1 Å². The zero-order chi connectivity index (χ0) is 14.1. The van der Waals surface area contributed by atoms with Crippen LogP contribution in [-0.4, -0.2) is 10.1 Å². The number of halogens is 2. The Morgan fingerprint density at radius 2 is 1.75 bits per heavy atom. The Morgan fingerprint density at radius 1 is 1.05 bits per heavy atom. The molecule has 20 heavy (non-hydrogen) atoms. The quantitative estimate of drug-likeness (QED) is 0.729. The molecule has 2 N–H and O–H groups in total. The van der Waals surface area contributed by atoms with Crippen molar-refractivity contribution in [1.29, 1.82) is 0 Å². The number of hydrogen-bond donors (Lipinski definition) is 1. The van der Waals surface area contributed by atoms with Gasteiger partial charge in [0.2, 0.25) is 5.82 Å². The second-order valence-electron chi connectivity index (χ2n) is 4.17. The Morgan fingerprint density at radius 3 is 2.45 bits per heavy atom. The summed E-state index contributed by atoms with van der Waals surface area (Å²) in [6.45, 7) is 0. The average Bonchev–Trinajstić information content (AvgIpc) is 2.92. The van der Waals surface area contributed by atoms with Gasteiger partial charge in [0.25, 0.3) is 5.89 Å². The fourth-order valence-electron chi connectivity index (χ4n) is 1.72. The summed E-state index contributed by atoms with van der Waals surface area (Å²) in [5.41, 5.74) is 7.61. The van der Waals surface area contributed by atoms with E-state index < -0.39 is 5.82 Å². The van der Waals surface area contributed by atoms with Crippen molar-refractivity contribution in [3.8, 4) is 22.8 Å². The summed E-state index contributed by atoms with van der Waals surface area (Å²) in [5.74, 6) is 0.219. The monoisotopic (exact) mass is 289 g/mol. The summed E-state index contributed by atoms with van der Waals surface area (Å²) in [5, 5.41) is 3.87. The molecule has 0 aliphatic carbocycles. The lowest BCUT2D eigenvalue weighted by molar-refractivity contribution is 0.432. The van der Waals surface area contributed by atoms with E-state index in [1.807, 2.05) is 0 Å². The molecule has 6 heteroatoms. The fourth-order valence-corrected chi connectivity index (χ4v) is 1.90. The van der Waals surface area contributed by atoms with E-state index in [2.05, 4.69) is 10.1 Å². The molecule has 0 unspecified atom stereocenters. The first kappa shape index (κ1) is 12.6. The van der Waals surface area contributed by atoms with Gasteiger partial charge in [-0.05, 0) is 42.5 Å². The number of hydrogen-bond acceptors (Lipinski definition) is 4. The summed E-state index contributed by atoms with van der Waals surface area (Å²) >= 11 is 5.73. The normalized spacial score (nSPS) is 10.7. The SMILES string of the molecule is Nc1ccc(-c2nc(-c3ccc(F)c(Cl)c3)no2)cc1. The van der Waals surface area contributed by atoms with Gasteiger partial charge in [0.1, 0.15) is 5.82 Å². The van der Waals surface area contributed by atoms with Crippen LogP contribution in [0.1, 0.15) is 0 Å². The van der Waals surface area contributed by atoms with Crippen LogP contribution in [-0.2, 0) is 0 Å². The maximum absolute atomic E-state index is 13.1. The molecule has 3 aromatic rings. The number of nitrogens with zero attached hydrogens (tertiary/aromatic N) is 2. The number of aromatic nitrogens is 2. The lowest BCUT2D eigenvalue weighted by atomic mass is 10.2. The Kier molecular flexibility index (Phi) is 3.12. The molecule has 1 aromatic heterocycles. The minimum absolute atomic E-state index is 0.0151. The van der Waals surface area contributed by atoms with Gasteiger partial charge < -0.3 is 10.3 Å². The van der Waals surface area contributed by atoms with Crippen molar-refractivity contribution in [2.45, 2.75) is 0 Å². The highest BCUT2D eigenvalue weighted by molar-refractivity contribution is 6.31. The Labute approximate surface area is 119 Å². The van der Waals surface area contributed by atoms with E-state index in [1.54, 1.807) is 30.3 Å². The van der Waals surface area contributed by atoms with Crippen molar-refractivity contribution in [3.05, 3.63) is 53.3 Å². The van der Waals surface area contributed by atoms with Crippen LogP contribution in [0, 0.1) is 5.82 Å². The largest absolute Gasteiger partial charge is 0.399 e. The molecule has 0 atom stereocenters. The predicted molar refractivity (Wildman–Crippen MR) is 74.6 cm³/mol. The van der Waals surface area contributed by atoms with E-state index in [-0.39, 0.29) is 5.02 Å². The molecule has 3 rings (SSSR count). The van der Waals surface area contributed by atoms with E-state index in [9.17, 15) is 4.39 Å². The van der Waals surface area contributed by atoms with Crippen LogP contribution in [0.2, 0.25) is 5.02 Å². The number of rotatable bonds is 2. The van der Waals surface area contributed by atoms with Gasteiger partial charge in [-0.1, -0.05) is 16.8 Å². The third-order valence-corrected chi connectivity index (χ3v) is 3.05. The maximum atomic E-state index is 13.1. The van der Waals surface area contributed by atoms with Gasteiger partial charge in [-0.2, -0.15) is 4.98 Å². The minimum Gasteiger partial charge on any atom is -0.399 e. The Balaban J connectivity index is 1.97. The first-order valence-corrected chi connectivity index (χ1v) is 6.16. The molecular formula is C14H9ClFN3O. The van der Waals surface area contributed by atoms with Crippen molar-refractivity contribution in [3.63, 3.8) is 0 Å².